The molecule has 30 heavy (non-hydrogen) atoms. The van der Waals surface area contributed by atoms with Crippen LogP contribution in [0, 0.1) is 23.7 Å². The van der Waals surface area contributed by atoms with E-state index in [4.69, 9.17) is 4.74 Å². The quantitative estimate of drug-likeness (QED) is 0.336. The molecule has 0 aliphatic heterocycles. The van der Waals surface area contributed by atoms with Crippen LogP contribution in [0.2, 0.25) is 0 Å². The molecule has 3 nitrogen and oxygen atoms in total. The van der Waals surface area contributed by atoms with E-state index < -0.39 is 5.97 Å². The van der Waals surface area contributed by atoms with Crippen LogP contribution in [0.3, 0.4) is 0 Å². The Kier molecular flexibility index (Phi) is 7.36. The van der Waals surface area contributed by atoms with Crippen LogP contribution in [0.4, 0.5) is 0 Å². The summed E-state index contributed by atoms with van der Waals surface area (Å²) >= 11 is 6.77. The van der Waals surface area contributed by atoms with Crippen LogP contribution in [0.5, 0.6) is 5.75 Å². The standard InChI is InChI=1S/C25H16Br2O3/c1-2-30-25(29)21-15-19(9-3-17-5-11-22(26)12-6-17)24(28)20(16-21)10-4-18-7-13-23(27)14-8-18/h5-8,11-16,28H,2H2,1H3. The molecule has 148 valence electrons. The molecule has 0 unspecified atom stereocenters. The molecule has 0 saturated heterocycles. The first-order valence-corrected chi connectivity index (χ1v) is 10.6. The topological polar surface area (TPSA) is 46.5 Å². The molecule has 0 aliphatic rings. The summed E-state index contributed by atoms with van der Waals surface area (Å²) in [6, 6.07) is 18.0. The fourth-order valence-electron chi connectivity index (χ4n) is 2.50. The van der Waals surface area contributed by atoms with Crippen LogP contribution < -0.4 is 0 Å². The van der Waals surface area contributed by atoms with E-state index in [0.29, 0.717) is 11.1 Å². The van der Waals surface area contributed by atoms with Crippen molar-refractivity contribution in [2.24, 2.45) is 0 Å². The maximum atomic E-state index is 12.3. The monoisotopic (exact) mass is 522 g/mol. The number of halogens is 2. The third-order valence-corrected chi connectivity index (χ3v) is 5.05. The number of aromatic hydroxyl groups is 1. The number of carbonyl (C=O) groups is 1. The van der Waals surface area contributed by atoms with Crippen molar-refractivity contribution in [3.63, 3.8) is 0 Å². The van der Waals surface area contributed by atoms with E-state index in [-0.39, 0.29) is 17.9 Å². The fourth-order valence-corrected chi connectivity index (χ4v) is 3.03. The summed E-state index contributed by atoms with van der Waals surface area (Å²) in [6.45, 7) is 1.99. The molecule has 0 amide bonds. The van der Waals surface area contributed by atoms with Crippen molar-refractivity contribution in [1.29, 1.82) is 0 Å². The largest absolute Gasteiger partial charge is 0.505 e. The number of benzene rings is 3. The summed E-state index contributed by atoms with van der Waals surface area (Å²) in [5, 5.41) is 10.7. The molecular formula is C25H16Br2O3. The molecule has 5 heteroatoms. The number of ether oxygens (including phenoxy) is 1. The lowest BCUT2D eigenvalue weighted by atomic mass is 10.0. The highest BCUT2D eigenvalue weighted by atomic mass is 79.9. The maximum Gasteiger partial charge on any atom is 0.338 e. The van der Waals surface area contributed by atoms with E-state index in [1.165, 1.54) is 12.1 Å². The summed E-state index contributed by atoms with van der Waals surface area (Å²) < 4.78 is 7.00. The van der Waals surface area contributed by atoms with Crippen molar-refractivity contribution in [2.45, 2.75) is 6.92 Å². The van der Waals surface area contributed by atoms with Crippen molar-refractivity contribution in [2.75, 3.05) is 6.61 Å². The van der Waals surface area contributed by atoms with Crippen molar-refractivity contribution >= 4 is 37.8 Å². The zero-order chi connectivity index (χ0) is 21.5. The highest BCUT2D eigenvalue weighted by molar-refractivity contribution is 9.10. The summed E-state index contributed by atoms with van der Waals surface area (Å²) in [5.41, 5.74) is 2.46. The van der Waals surface area contributed by atoms with E-state index in [2.05, 4.69) is 55.5 Å². The predicted molar refractivity (Wildman–Crippen MR) is 124 cm³/mol. The smallest absolute Gasteiger partial charge is 0.338 e. The molecule has 0 radical (unpaired) electrons. The van der Waals surface area contributed by atoms with E-state index in [1.54, 1.807) is 6.92 Å². The van der Waals surface area contributed by atoms with Crippen LogP contribution in [-0.4, -0.2) is 17.7 Å². The van der Waals surface area contributed by atoms with Crippen molar-refractivity contribution in [1.82, 2.24) is 0 Å². The minimum atomic E-state index is -0.490. The van der Waals surface area contributed by atoms with Gasteiger partial charge < -0.3 is 9.84 Å². The van der Waals surface area contributed by atoms with E-state index in [1.807, 2.05) is 48.5 Å². The molecule has 0 bridgehead atoms. The van der Waals surface area contributed by atoms with Crippen LogP contribution in [0.25, 0.3) is 0 Å². The lowest BCUT2D eigenvalue weighted by molar-refractivity contribution is 0.0526. The maximum absolute atomic E-state index is 12.3. The van der Waals surface area contributed by atoms with Crippen molar-refractivity contribution in [3.8, 4) is 29.4 Å². The van der Waals surface area contributed by atoms with E-state index >= 15 is 0 Å². The molecule has 3 aromatic rings. The van der Waals surface area contributed by atoms with Gasteiger partial charge in [-0.25, -0.2) is 4.79 Å². The second-order valence-corrected chi connectivity index (χ2v) is 7.99. The average molecular weight is 524 g/mol. The Morgan fingerprint density at radius 2 is 1.27 bits per heavy atom. The van der Waals surface area contributed by atoms with Gasteiger partial charge in [-0.05, 0) is 67.6 Å². The molecule has 0 atom stereocenters. The van der Waals surface area contributed by atoms with E-state index in [0.717, 1.165) is 20.1 Å². The van der Waals surface area contributed by atoms with Crippen molar-refractivity contribution < 1.29 is 14.6 Å². The number of phenolic OH excluding ortho intramolecular Hbond substituents is 1. The second kappa shape index (κ2) is 10.2. The number of carbonyl (C=O) groups excluding carboxylic acids is 1. The molecule has 0 aliphatic carbocycles. The van der Waals surface area contributed by atoms with E-state index in [9.17, 15) is 9.90 Å². The van der Waals surface area contributed by atoms with Gasteiger partial charge in [-0.2, -0.15) is 0 Å². The molecule has 0 heterocycles. The van der Waals surface area contributed by atoms with Gasteiger partial charge in [-0.1, -0.05) is 55.5 Å². The first kappa shape index (κ1) is 21.7. The van der Waals surface area contributed by atoms with Gasteiger partial charge in [-0.3, -0.25) is 0 Å². The molecular weight excluding hydrogens is 508 g/mol. The number of esters is 1. The van der Waals surface area contributed by atoms with Gasteiger partial charge in [0.25, 0.3) is 0 Å². The van der Waals surface area contributed by atoms with Gasteiger partial charge >= 0.3 is 5.97 Å². The van der Waals surface area contributed by atoms with Gasteiger partial charge in [0.1, 0.15) is 5.75 Å². The SMILES string of the molecule is CCOC(=O)c1cc(C#Cc2ccc(Br)cc2)c(O)c(C#Cc2ccc(Br)cc2)c1. The average Bonchev–Trinajstić information content (AvgIpc) is 2.74. The Hall–Kier alpha value is -2.99. The molecule has 0 saturated carbocycles. The number of hydrogen-bond acceptors (Lipinski definition) is 3. The number of rotatable bonds is 2. The lowest BCUT2D eigenvalue weighted by Crippen LogP contribution is -2.05. The molecule has 0 aromatic heterocycles. The minimum Gasteiger partial charge on any atom is -0.505 e. The number of hydrogen-bond donors (Lipinski definition) is 1. The van der Waals surface area contributed by atoms with Crippen LogP contribution in [0.1, 0.15) is 39.5 Å². The third kappa shape index (κ3) is 5.76. The molecule has 1 N–H and O–H groups in total. The summed E-state index contributed by atoms with van der Waals surface area (Å²) in [4.78, 5) is 12.3. The molecule has 3 rings (SSSR count). The Bertz CT molecular complexity index is 1110. The zero-order valence-electron chi connectivity index (χ0n) is 16.0. The summed E-state index contributed by atoms with van der Waals surface area (Å²) in [6.07, 6.45) is 0. The lowest BCUT2D eigenvalue weighted by Gasteiger charge is -2.06. The van der Waals surface area contributed by atoms with Gasteiger partial charge in [0.05, 0.1) is 23.3 Å². The van der Waals surface area contributed by atoms with Gasteiger partial charge in [-0.15, -0.1) is 0 Å². The highest BCUT2D eigenvalue weighted by Crippen LogP contribution is 2.24. The highest BCUT2D eigenvalue weighted by Gasteiger charge is 2.13. The van der Waals surface area contributed by atoms with Gasteiger partial charge in [0.15, 0.2) is 0 Å². The van der Waals surface area contributed by atoms with Gasteiger partial charge in [0.2, 0.25) is 0 Å². The molecule has 0 fully saturated rings. The Balaban J connectivity index is 2.05. The summed E-state index contributed by atoms with van der Waals surface area (Å²) in [5.74, 6) is 11.3. The first-order valence-electron chi connectivity index (χ1n) is 9.05. The zero-order valence-corrected chi connectivity index (χ0v) is 19.2. The minimum absolute atomic E-state index is 0.0720. The Morgan fingerprint density at radius 3 is 1.67 bits per heavy atom. The fraction of sp³-hybridized carbons (Fsp3) is 0.0800. The van der Waals surface area contributed by atoms with Crippen LogP contribution in [0.15, 0.2) is 69.6 Å². The first-order chi connectivity index (χ1) is 14.5. The van der Waals surface area contributed by atoms with Crippen LogP contribution >= 0.6 is 31.9 Å². The second-order valence-electron chi connectivity index (χ2n) is 6.15. The normalized spacial score (nSPS) is 9.70. The van der Waals surface area contributed by atoms with Crippen molar-refractivity contribution in [3.05, 3.63) is 97.4 Å². The molecule has 3 aromatic carbocycles. The molecule has 0 spiro atoms. The summed E-state index contributed by atoms with van der Waals surface area (Å²) in [7, 11) is 0. The predicted octanol–water partition coefficient (Wildman–Crippen LogP) is 5.89. The number of phenols is 1. The van der Waals surface area contributed by atoms with Gasteiger partial charge in [0, 0.05) is 20.1 Å². The Morgan fingerprint density at radius 1 is 0.833 bits per heavy atom. The third-order valence-electron chi connectivity index (χ3n) is 3.99. The Labute approximate surface area is 192 Å². The van der Waals surface area contributed by atoms with Crippen LogP contribution in [-0.2, 0) is 4.74 Å².